The third-order valence-electron chi connectivity index (χ3n) is 7.75. The number of alkyl halides is 3. The second-order valence-electron chi connectivity index (χ2n) is 10.9. The summed E-state index contributed by atoms with van der Waals surface area (Å²) >= 11 is 5.71. The van der Waals surface area contributed by atoms with Crippen LogP contribution in [0.1, 0.15) is 66.4 Å². The Morgan fingerprint density at radius 1 is 1.21 bits per heavy atom. The number of hydrogen-bond donors (Lipinski definition) is 1. The van der Waals surface area contributed by atoms with Gasteiger partial charge >= 0.3 is 12.1 Å². The van der Waals surface area contributed by atoms with E-state index < -0.39 is 45.9 Å². The van der Waals surface area contributed by atoms with Gasteiger partial charge in [-0.3, -0.25) is 4.79 Å². The molecule has 0 radical (unpaired) electrons. The van der Waals surface area contributed by atoms with Crippen molar-refractivity contribution in [2.75, 3.05) is 31.1 Å². The molecule has 2 atom stereocenters. The number of carboxylic acid groups (broad SMARTS) is 1. The minimum absolute atomic E-state index is 0.118. The highest BCUT2D eigenvalue weighted by Crippen LogP contribution is 2.46. The van der Waals surface area contributed by atoms with E-state index >= 15 is 4.39 Å². The van der Waals surface area contributed by atoms with Crippen molar-refractivity contribution in [3.63, 3.8) is 0 Å². The van der Waals surface area contributed by atoms with Gasteiger partial charge in [-0.2, -0.15) is 13.2 Å². The highest BCUT2D eigenvalue weighted by molar-refractivity contribution is 6.31. The van der Waals surface area contributed by atoms with Crippen LogP contribution in [0.5, 0.6) is 5.75 Å². The molecule has 2 aromatic rings. The number of aromatic nitrogens is 1. The highest BCUT2D eigenvalue weighted by atomic mass is 35.5. The predicted octanol–water partition coefficient (Wildman–Crippen LogP) is 5.75. The maximum atomic E-state index is 15.2. The van der Waals surface area contributed by atoms with Gasteiger partial charge in [0.25, 0.3) is 5.91 Å². The highest BCUT2D eigenvalue weighted by Gasteiger charge is 2.40. The van der Waals surface area contributed by atoms with Gasteiger partial charge in [0.2, 0.25) is 0 Å². The number of pyridine rings is 1. The molecule has 3 fully saturated rings. The maximum absolute atomic E-state index is 15.2. The van der Waals surface area contributed by atoms with Crippen LogP contribution in [0.25, 0.3) is 0 Å². The molecule has 1 aromatic carbocycles. The molecule has 3 aliphatic rings. The van der Waals surface area contributed by atoms with Gasteiger partial charge in [-0.1, -0.05) is 18.5 Å². The van der Waals surface area contributed by atoms with E-state index in [9.17, 15) is 27.9 Å². The molecule has 2 unspecified atom stereocenters. The Morgan fingerprint density at radius 2 is 1.95 bits per heavy atom. The molecular formula is C27H28ClF4N3O4. The van der Waals surface area contributed by atoms with Gasteiger partial charge in [-0.25, -0.2) is 14.2 Å². The molecule has 2 saturated heterocycles. The van der Waals surface area contributed by atoms with E-state index in [-0.39, 0.29) is 30.5 Å². The molecule has 2 aliphatic heterocycles. The number of ether oxygens (including phenoxy) is 1. The normalized spacial score (nSPS) is 23.4. The lowest BCUT2D eigenvalue weighted by Gasteiger charge is -2.27. The van der Waals surface area contributed by atoms with E-state index in [2.05, 4.69) is 4.98 Å². The van der Waals surface area contributed by atoms with Crippen molar-refractivity contribution >= 4 is 29.3 Å². The molecule has 0 spiro atoms. The van der Waals surface area contributed by atoms with Gasteiger partial charge in [0.05, 0.1) is 22.8 Å². The summed E-state index contributed by atoms with van der Waals surface area (Å²) in [6, 6.07) is 2.66. The molecule has 3 heterocycles. The first-order chi connectivity index (χ1) is 18.4. The Kier molecular flexibility index (Phi) is 7.15. The number of carbonyl (C=O) groups is 2. The second kappa shape index (κ2) is 10.1. The number of amides is 1. The fraction of sp³-hybridized carbons (Fsp3) is 0.519. The van der Waals surface area contributed by atoms with Crippen molar-refractivity contribution in [2.45, 2.75) is 57.2 Å². The van der Waals surface area contributed by atoms with Crippen LogP contribution >= 0.6 is 11.6 Å². The van der Waals surface area contributed by atoms with Gasteiger partial charge < -0.3 is 19.6 Å². The summed E-state index contributed by atoms with van der Waals surface area (Å²) in [5.41, 5.74) is -0.847. The molecule has 1 aliphatic carbocycles. The largest absolute Gasteiger partial charge is 0.493 e. The van der Waals surface area contributed by atoms with Crippen LogP contribution in [0.2, 0.25) is 5.02 Å². The first-order valence-electron chi connectivity index (χ1n) is 12.8. The minimum Gasteiger partial charge on any atom is -0.493 e. The number of carboxylic acids is 1. The van der Waals surface area contributed by atoms with Crippen molar-refractivity contribution in [1.29, 1.82) is 0 Å². The third-order valence-corrected chi connectivity index (χ3v) is 8.05. The smallest absolute Gasteiger partial charge is 0.418 e. The van der Waals surface area contributed by atoms with Crippen LogP contribution in [0.15, 0.2) is 24.4 Å². The maximum Gasteiger partial charge on any atom is 0.418 e. The van der Waals surface area contributed by atoms with Gasteiger partial charge in [0.1, 0.15) is 23.4 Å². The third kappa shape index (κ3) is 5.64. The number of aliphatic carboxylic acids is 1. The Balaban J connectivity index is 1.31. The van der Waals surface area contributed by atoms with E-state index in [0.717, 1.165) is 25.1 Å². The quantitative estimate of drug-likeness (QED) is 0.427. The van der Waals surface area contributed by atoms with Crippen LogP contribution in [0.4, 0.5) is 23.4 Å². The number of carbonyl (C=O) groups excluding carboxylic acids is 1. The summed E-state index contributed by atoms with van der Waals surface area (Å²) in [6.07, 6.45) is -0.376. The zero-order chi connectivity index (χ0) is 28.1. The number of anilines is 1. The molecule has 0 bridgehead atoms. The fourth-order valence-corrected chi connectivity index (χ4v) is 5.61. The number of benzene rings is 1. The summed E-state index contributed by atoms with van der Waals surface area (Å²) < 4.78 is 61.2. The molecule has 12 heteroatoms. The van der Waals surface area contributed by atoms with Crippen LogP contribution in [-0.4, -0.2) is 59.1 Å². The van der Waals surface area contributed by atoms with E-state index in [1.165, 1.54) is 17.0 Å². The average molecular weight is 570 g/mol. The second-order valence-corrected chi connectivity index (χ2v) is 11.3. The van der Waals surface area contributed by atoms with Crippen LogP contribution in [0, 0.1) is 11.2 Å². The van der Waals surface area contributed by atoms with Crippen molar-refractivity contribution < 1.29 is 37.0 Å². The number of hydrogen-bond acceptors (Lipinski definition) is 5. The fourth-order valence-electron chi connectivity index (χ4n) is 5.40. The van der Waals surface area contributed by atoms with Crippen molar-refractivity contribution in [3.8, 4) is 5.75 Å². The standard InChI is InChI=1S/C27H28ClF4N3O4/c1-26(6-8-34(13-26)23-10-18(27(30,31)32)19(28)12-33-23)14-39-22-11-20(29)17(9-16(22)15-4-5-15)24(36)35-7-2-3-21(35)25(37)38/h9-12,15,21H,2-8,13-14H2,1H3,(H,37,38). The molecule has 39 heavy (non-hydrogen) atoms. The lowest BCUT2D eigenvalue weighted by Crippen LogP contribution is -2.40. The van der Waals surface area contributed by atoms with Crippen LogP contribution in [0.3, 0.4) is 0 Å². The number of halogens is 5. The van der Waals surface area contributed by atoms with Gasteiger partial charge in [-0.05, 0) is 55.7 Å². The molecule has 7 nitrogen and oxygen atoms in total. The van der Waals surface area contributed by atoms with Gasteiger partial charge in [-0.15, -0.1) is 0 Å². The van der Waals surface area contributed by atoms with Crippen molar-refractivity contribution in [3.05, 3.63) is 51.9 Å². The molecular weight excluding hydrogens is 542 g/mol. The first-order valence-corrected chi connectivity index (χ1v) is 13.2. The van der Waals surface area contributed by atoms with E-state index in [0.29, 0.717) is 43.7 Å². The number of nitrogens with zero attached hydrogens (tertiary/aromatic N) is 3. The zero-order valence-corrected chi connectivity index (χ0v) is 22.0. The average Bonchev–Trinajstić information content (AvgIpc) is 3.45. The van der Waals surface area contributed by atoms with Crippen LogP contribution in [-0.2, 0) is 11.0 Å². The molecule has 210 valence electrons. The summed E-state index contributed by atoms with van der Waals surface area (Å²) in [5.74, 6) is -1.91. The number of rotatable bonds is 7. The molecule has 1 saturated carbocycles. The molecule has 5 rings (SSSR count). The van der Waals surface area contributed by atoms with E-state index in [4.69, 9.17) is 16.3 Å². The number of likely N-dealkylation sites (tertiary alicyclic amines) is 1. The van der Waals surface area contributed by atoms with E-state index in [1.807, 2.05) is 6.92 Å². The first kappa shape index (κ1) is 27.5. The summed E-state index contributed by atoms with van der Waals surface area (Å²) in [6.45, 7) is 3.22. The molecule has 1 amide bonds. The summed E-state index contributed by atoms with van der Waals surface area (Å²) in [5, 5.41) is 8.96. The molecule has 1 aromatic heterocycles. The van der Waals surface area contributed by atoms with Crippen LogP contribution < -0.4 is 9.64 Å². The van der Waals surface area contributed by atoms with Gasteiger partial charge in [0.15, 0.2) is 0 Å². The summed E-state index contributed by atoms with van der Waals surface area (Å²) in [4.78, 5) is 31.6. The Bertz CT molecular complexity index is 1300. The topological polar surface area (TPSA) is 83.0 Å². The van der Waals surface area contributed by atoms with Crippen molar-refractivity contribution in [2.24, 2.45) is 5.41 Å². The van der Waals surface area contributed by atoms with Crippen molar-refractivity contribution in [1.82, 2.24) is 9.88 Å². The Morgan fingerprint density at radius 3 is 2.62 bits per heavy atom. The lowest BCUT2D eigenvalue weighted by molar-refractivity contribution is -0.141. The zero-order valence-electron chi connectivity index (χ0n) is 21.2. The monoisotopic (exact) mass is 569 g/mol. The molecule has 1 N–H and O–H groups in total. The van der Waals surface area contributed by atoms with Gasteiger partial charge in [0, 0.05) is 37.3 Å². The van der Waals surface area contributed by atoms with E-state index in [1.54, 1.807) is 4.90 Å². The Labute approximate surface area is 227 Å². The predicted molar refractivity (Wildman–Crippen MR) is 135 cm³/mol. The lowest BCUT2D eigenvalue weighted by atomic mass is 9.91. The Hall–Kier alpha value is -3.08. The SMILES string of the molecule is CC1(COc2cc(F)c(C(=O)N3CCCC3C(=O)O)cc2C2CC2)CCN(c2cc(C(F)(F)F)c(Cl)cn2)C1. The summed E-state index contributed by atoms with van der Waals surface area (Å²) in [7, 11) is 0. The minimum atomic E-state index is -4.60.